The number of halogens is 2. The normalized spacial score (nSPS) is 25.2. The second-order valence-electron chi connectivity index (χ2n) is 4.75. The van der Waals surface area contributed by atoms with E-state index in [1.807, 2.05) is 36.9 Å². The molecule has 3 heteroatoms. The summed E-state index contributed by atoms with van der Waals surface area (Å²) in [5.74, 6) is -3.26. The molecule has 0 saturated carbocycles. The van der Waals surface area contributed by atoms with Crippen LogP contribution in [-0.2, 0) is 0 Å². The maximum Gasteiger partial charge on any atom is 0.268 e. The van der Waals surface area contributed by atoms with Crippen LogP contribution in [0, 0.1) is 0 Å². The van der Waals surface area contributed by atoms with Crippen molar-refractivity contribution in [2.45, 2.75) is 31.7 Å². The van der Waals surface area contributed by atoms with Crippen LogP contribution >= 0.6 is 0 Å². The minimum Gasteiger partial charge on any atom is -0.294 e. The van der Waals surface area contributed by atoms with Gasteiger partial charge in [-0.25, -0.2) is 8.78 Å². The summed E-state index contributed by atoms with van der Waals surface area (Å²) in [6, 6.07) is 9.27. The van der Waals surface area contributed by atoms with Gasteiger partial charge in [0.25, 0.3) is 5.92 Å². The van der Waals surface area contributed by atoms with E-state index in [2.05, 4.69) is 0 Å². The van der Waals surface area contributed by atoms with Crippen LogP contribution in [0.3, 0.4) is 0 Å². The van der Waals surface area contributed by atoms with Crippen LogP contribution in [0.25, 0.3) is 0 Å². The molecule has 1 aliphatic rings. The predicted molar refractivity (Wildman–Crippen MR) is 60.8 cm³/mol. The van der Waals surface area contributed by atoms with Crippen LogP contribution in [-0.4, -0.2) is 30.0 Å². The van der Waals surface area contributed by atoms with Crippen molar-refractivity contribution in [3.8, 4) is 0 Å². The van der Waals surface area contributed by atoms with Crippen molar-refractivity contribution < 1.29 is 8.78 Å². The first-order chi connectivity index (χ1) is 7.50. The van der Waals surface area contributed by atoms with E-state index < -0.39 is 11.8 Å². The van der Waals surface area contributed by atoms with Crippen LogP contribution < -0.4 is 0 Å². The molecular weight excluding hydrogens is 208 g/mol. The van der Waals surface area contributed by atoms with E-state index in [4.69, 9.17) is 0 Å². The average Bonchev–Trinajstić information content (AvgIpc) is 2.56. The van der Waals surface area contributed by atoms with Crippen LogP contribution in [0.15, 0.2) is 30.3 Å². The molecule has 16 heavy (non-hydrogen) atoms. The fraction of sp³-hybridized carbons (Fsp3) is 0.538. The summed E-state index contributed by atoms with van der Waals surface area (Å²) in [6.45, 7) is 4.26. The molecule has 1 fully saturated rings. The summed E-state index contributed by atoms with van der Waals surface area (Å²) in [5.41, 5.74) is 0.746. The molecule has 0 N–H and O–H groups in total. The molecule has 0 radical (unpaired) electrons. The van der Waals surface area contributed by atoms with Crippen LogP contribution in [0.2, 0.25) is 0 Å². The second-order valence-corrected chi connectivity index (χ2v) is 4.75. The Kier molecular flexibility index (Phi) is 2.98. The molecular formula is C13H17F2N. The van der Waals surface area contributed by atoms with Crippen molar-refractivity contribution in [1.82, 2.24) is 4.90 Å². The molecule has 1 atom stereocenters. The van der Waals surface area contributed by atoms with Gasteiger partial charge in [0.05, 0.1) is 12.5 Å². The zero-order chi connectivity index (χ0) is 11.8. The Balaban J connectivity index is 2.23. The monoisotopic (exact) mass is 225 g/mol. The smallest absolute Gasteiger partial charge is 0.268 e. The van der Waals surface area contributed by atoms with Crippen molar-refractivity contribution in [2.75, 3.05) is 13.1 Å². The third kappa shape index (κ3) is 2.09. The predicted octanol–water partition coefficient (Wildman–Crippen LogP) is 3.13. The molecule has 1 saturated heterocycles. The summed E-state index contributed by atoms with van der Waals surface area (Å²) < 4.78 is 27.7. The summed E-state index contributed by atoms with van der Waals surface area (Å²) in [5, 5.41) is 0. The SMILES string of the molecule is CC(C)N1CC(c2ccccc2)C(F)(F)C1. The summed E-state index contributed by atoms with van der Waals surface area (Å²) in [7, 11) is 0. The topological polar surface area (TPSA) is 3.24 Å². The molecule has 1 aliphatic heterocycles. The third-order valence-corrected chi connectivity index (χ3v) is 3.27. The molecule has 2 rings (SSSR count). The van der Waals surface area contributed by atoms with E-state index in [1.165, 1.54) is 0 Å². The van der Waals surface area contributed by atoms with Gasteiger partial charge in [-0.1, -0.05) is 30.3 Å². The van der Waals surface area contributed by atoms with E-state index >= 15 is 0 Å². The number of nitrogens with zero attached hydrogens (tertiary/aromatic N) is 1. The van der Waals surface area contributed by atoms with Crippen LogP contribution in [0.1, 0.15) is 25.3 Å². The molecule has 88 valence electrons. The van der Waals surface area contributed by atoms with E-state index in [1.54, 1.807) is 12.1 Å². The minimum absolute atomic E-state index is 0.121. The number of alkyl halides is 2. The molecule has 1 aromatic carbocycles. The van der Waals surface area contributed by atoms with Crippen molar-refractivity contribution in [2.24, 2.45) is 0 Å². The number of likely N-dealkylation sites (tertiary alicyclic amines) is 1. The Morgan fingerprint density at radius 1 is 1.25 bits per heavy atom. The number of benzene rings is 1. The van der Waals surface area contributed by atoms with Gasteiger partial charge in [0, 0.05) is 12.6 Å². The minimum atomic E-state index is -2.61. The van der Waals surface area contributed by atoms with Crippen molar-refractivity contribution >= 4 is 0 Å². The van der Waals surface area contributed by atoms with Gasteiger partial charge in [0.2, 0.25) is 0 Å². The Hall–Kier alpha value is -0.960. The average molecular weight is 225 g/mol. The van der Waals surface area contributed by atoms with Gasteiger partial charge < -0.3 is 0 Å². The van der Waals surface area contributed by atoms with Gasteiger partial charge in [0.1, 0.15) is 0 Å². The fourth-order valence-electron chi connectivity index (χ4n) is 2.24. The lowest BCUT2D eigenvalue weighted by Gasteiger charge is -2.19. The number of hydrogen-bond donors (Lipinski definition) is 0. The summed E-state index contributed by atoms with van der Waals surface area (Å²) in [6.07, 6.45) is 0. The van der Waals surface area contributed by atoms with E-state index in [9.17, 15) is 8.78 Å². The molecule has 0 bridgehead atoms. The highest BCUT2D eigenvalue weighted by atomic mass is 19.3. The van der Waals surface area contributed by atoms with Crippen LogP contribution in [0.4, 0.5) is 8.78 Å². The summed E-state index contributed by atoms with van der Waals surface area (Å²) in [4.78, 5) is 1.84. The zero-order valence-electron chi connectivity index (χ0n) is 9.66. The quantitative estimate of drug-likeness (QED) is 0.747. The molecule has 1 heterocycles. The molecule has 0 aromatic heterocycles. The standard InChI is InChI=1S/C13H17F2N/c1-10(2)16-8-12(13(14,15)9-16)11-6-4-3-5-7-11/h3-7,10,12H,8-9H2,1-2H3. The van der Waals surface area contributed by atoms with Crippen molar-refractivity contribution in [1.29, 1.82) is 0 Å². The van der Waals surface area contributed by atoms with Gasteiger partial charge >= 0.3 is 0 Å². The largest absolute Gasteiger partial charge is 0.294 e. The molecule has 0 amide bonds. The second kappa shape index (κ2) is 4.13. The highest BCUT2D eigenvalue weighted by Crippen LogP contribution is 2.40. The Bertz CT molecular complexity index is 348. The van der Waals surface area contributed by atoms with Gasteiger partial charge in [-0.3, -0.25) is 4.90 Å². The number of hydrogen-bond acceptors (Lipinski definition) is 1. The van der Waals surface area contributed by atoms with E-state index in [0.717, 1.165) is 5.56 Å². The molecule has 0 aliphatic carbocycles. The van der Waals surface area contributed by atoms with Crippen LogP contribution in [0.5, 0.6) is 0 Å². The summed E-state index contributed by atoms with van der Waals surface area (Å²) >= 11 is 0. The first-order valence-corrected chi connectivity index (χ1v) is 5.67. The highest BCUT2D eigenvalue weighted by molar-refractivity contribution is 5.24. The van der Waals surface area contributed by atoms with Crippen molar-refractivity contribution in [3.05, 3.63) is 35.9 Å². The third-order valence-electron chi connectivity index (χ3n) is 3.27. The zero-order valence-corrected chi connectivity index (χ0v) is 9.66. The lowest BCUT2D eigenvalue weighted by atomic mass is 9.95. The molecule has 1 nitrogen and oxygen atoms in total. The molecule has 1 aromatic rings. The Morgan fingerprint density at radius 2 is 1.88 bits per heavy atom. The number of rotatable bonds is 2. The fourth-order valence-corrected chi connectivity index (χ4v) is 2.24. The van der Waals surface area contributed by atoms with E-state index in [0.29, 0.717) is 6.54 Å². The van der Waals surface area contributed by atoms with Crippen molar-refractivity contribution in [3.63, 3.8) is 0 Å². The maximum atomic E-state index is 13.9. The molecule has 1 unspecified atom stereocenters. The lowest BCUT2D eigenvalue weighted by Crippen LogP contribution is -2.31. The Labute approximate surface area is 95.1 Å². The van der Waals surface area contributed by atoms with E-state index in [-0.39, 0.29) is 12.6 Å². The highest BCUT2D eigenvalue weighted by Gasteiger charge is 2.48. The van der Waals surface area contributed by atoms with Gasteiger partial charge in [-0.05, 0) is 19.4 Å². The molecule has 0 spiro atoms. The lowest BCUT2D eigenvalue weighted by molar-refractivity contribution is -0.00512. The maximum absolute atomic E-state index is 13.9. The van der Waals surface area contributed by atoms with Gasteiger partial charge in [-0.2, -0.15) is 0 Å². The van der Waals surface area contributed by atoms with Gasteiger partial charge in [0.15, 0.2) is 0 Å². The first kappa shape index (κ1) is 11.5. The Morgan fingerprint density at radius 3 is 2.38 bits per heavy atom. The first-order valence-electron chi connectivity index (χ1n) is 5.67. The van der Waals surface area contributed by atoms with Gasteiger partial charge in [-0.15, -0.1) is 0 Å².